The molecule has 0 amide bonds. The van der Waals surface area contributed by atoms with E-state index >= 15 is 0 Å². The Balaban J connectivity index is 1.54. The molecular weight excluding hydrogens is 304 g/mol. The molecule has 2 unspecified atom stereocenters. The molecule has 2 N–H and O–H groups in total. The van der Waals surface area contributed by atoms with E-state index in [-0.39, 0.29) is 5.92 Å². The van der Waals surface area contributed by atoms with Gasteiger partial charge in [0.25, 0.3) is 0 Å². The van der Waals surface area contributed by atoms with Gasteiger partial charge in [0.05, 0.1) is 11.6 Å². The summed E-state index contributed by atoms with van der Waals surface area (Å²) in [5.74, 6) is -0.844. The van der Waals surface area contributed by atoms with Gasteiger partial charge in [-0.1, -0.05) is 6.42 Å². The Labute approximate surface area is 131 Å². The minimum Gasteiger partial charge on any atom is -0.481 e. The van der Waals surface area contributed by atoms with Crippen molar-refractivity contribution in [3.05, 3.63) is 27.9 Å². The van der Waals surface area contributed by atoms with Gasteiger partial charge in [-0.05, 0) is 30.7 Å². The number of nitrogens with one attached hydrogen (secondary N) is 1. The number of hydrogen-bond acceptors (Lipinski definition) is 5. The summed E-state index contributed by atoms with van der Waals surface area (Å²) in [5, 5.41) is 19.9. The SMILES string of the molecule is O=C(O)C1CCCC(NCc2csc(-c3ccsc3)n2)C1. The smallest absolute Gasteiger partial charge is 0.306 e. The molecule has 0 bridgehead atoms. The van der Waals surface area contributed by atoms with Crippen molar-refractivity contribution in [3.63, 3.8) is 0 Å². The van der Waals surface area contributed by atoms with Crippen molar-refractivity contribution < 1.29 is 9.90 Å². The number of hydrogen-bond donors (Lipinski definition) is 2. The molecular formula is C15H18N2O2S2. The van der Waals surface area contributed by atoms with Gasteiger partial charge in [0, 0.05) is 28.9 Å². The fourth-order valence-corrected chi connectivity index (χ4v) is 4.29. The summed E-state index contributed by atoms with van der Waals surface area (Å²) < 4.78 is 0. The number of thiazole rings is 1. The molecule has 1 aliphatic carbocycles. The number of carboxylic acid groups (broad SMARTS) is 1. The summed E-state index contributed by atoms with van der Waals surface area (Å²) >= 11 is 3.34. The summed E-state index contributed by atoms with van der Waals surface area (Å²) in [5.41, 5.74) is 2.22. The van der Waals surface area contributed by atoms with E-state index in [1.54, 1.807) is 22.7 Å². The average molecular weight is 322 g/mol. The molecule has 2 heterocycles. The number of rotatable bonds is 5. The minimum absolute atomic E-state index is 0.187. The van der Waals surface area contributed by atoms with E-state index in [2.05, 4.69) is 32.5 Å². The molecule has 3 rings (SSSR count). The summed E-state index contributed by atoms with van der Waals surface area (Å²) in [4.78, 5) is 15.7. The van der Waals surface area contributed by atoms with E-state index in [0.29, 0.717) is 6.04 Å². The molecule has 1 fully saturated rings. The van der Waals surface area contributed by atoms with E-state index in [9.17, 15) is 4.79 Å². The molecule has 6 heteroatoms. The third kappa shape index (κ3) is 3.70. The van der Waals surface area contributed by atoms with Gasteiger partial charge in [0.1, 0.15) is 5.01 Å². The van der Waals surface area contributed by atoms with E-state index < -0.39 is 5.97 Å². The molecule has 0 spiro atoms. The lowest BCUT2D eigenvalue weighted by Crippen LogP contribution is -2.36. The molecule has 0 aromatic carbocycles. The quantitative estimate of drug-likeness (QED) is 0.883. The minimum atomic E-state index is -0.657. The predicted octanol–water partition coefficient (Wildman–Crippen LogP) is 3.60. The predicted molar refractivity (Wildman–Crippen MR) is 85.6 cm³/mol. The van der Waals surface area contributed by atoms with Crippen molar-refractivity contribution in [3.8, 4) is 10.6 Å². The number of thiophene rings is 1. The number of nitrogens with zero attached hydrogens (tertiary/aromatic N) is 1. The van der Waals surface area contributed by atoms with Gasteiger partial charge in [0.15, 0.2) is 0 Å². The van der Waals surface area contributed by atoms with Gasteiger partial charge in [-0.2, -0.15) is 11.3 Å². The lowest BCUT2D eigenvalue weighted by atomic mass is 9.86. The Hall–Kier alpha value is -1.24. The Morgan fingerprint density at radius 2 is 2.33 bits per heavy atom. The van der Waals surface area contributed by atoms with Crippen LogP contribution in [0.5, 0.6) is 0 Å². The lowest BCUT2D eigenvalue weighted by Gasteiger charge is -2.27. The number of carbonyl (C=O) groups is 1. The molecule has 0 saturated heterocycles. The van der Waals surface area contributed by atoms with Gasteiger partial charge in [-0.3, -0.25) is 4.79 Å². The van der Waals surface area contributed by atoms with Crippen molar-refractivity contribution in [2.45, 2.75) is 38.3 Å². The van der Waals surface area contributed by atoms with Crippen LogP contribution in [-0.4, -0.2) is 22.1 Å². The molecule has 112 valence electrons. The summed E-state index contributed by atoms with van der Waals surface area (Å²) in [6.07, 6.45) is 3.60. The molecule has 21 heavy (non-hydrogen) atoms. The van der Waals surface area contributed by atoms with Crippen molar-refractivity contribution in [2.75, 3.05) is 0 Å². The topological polar surface area (TPSA) is 62.2 Å². The van der Waals surface area contributed by atoms with E-state index in [4.69, 9.17) is 5.11 Å². The number of carboxylic acids is 1. The molecule has 1 saturated carbocycles. The third-order valence-electron chi connectivity index (χ3n) is 3.92. The molecule has 1 aliphatic rings. The van der Waals surface area contributed by atoms with Crippen LogP contribution >= 0.6 is 22.7 Å². The van der Waals surface area contributed by atoms with Crippen molar-refractivity contribution in [1.82, 2.24) is 10.3 Å². The van der Waals surface area contributed by atoms with E-state index in [0.717, 1.165) is 42.9 Å². The van der Waals surface area contributed by atoms with Crippen molar-refractivity contribution >= 4 is 28.6 Å². The first-order chi connectivity index (χ1) is 10.2. The zero-order valence-corrected chi connectivity index (χ0v) is 13.3. The standard InChI is InChI=1S/C15H18N2O2S2/c18-15(19)10-2-1-3-12(6-10)16-7-13-9-21-14(17-13)11-4-5-20-8-11/h4-5,8-10,12,16H,1-3,6-7H2,(H,18,19). The normalized spacial score (nSPS) is 22.3. The van der Waals surface area contributed by atoms with Gasteiger partial charge in [0.2, 0.25) is 0 Å². The monoisotopic (exact) mass is 322 g/mol. The van der Waals surface area contributed by atoms with Crippen molar-refractivity contribution in [1.29, 1.82) is 0 Å². The van der Waals surface area contributed by atoms with Crippen LogP contribution < -0.4 is 5.32 Å². The Morgan fingerprint density at radius 3 is 3.10 bits per heavy atom. The van der Waals surface area contributed by atoms with Crippen LogP contribution in [0, 0.1) is 5.92 Å². The first kappa shape index (κ1) is 14.7. The van der Waals surface area contributed by atoms with Gasteiger partial charge in [-0.25, -0.2) is 4.98 Å². The largest absolute Gasteiger partial charge is 0.481 e. The maximum atomic E-state index is 11.1. The molecule has 2 atom stereocenters. The van der Waals surface area contributed by atoms with Crippen LogP contribution in [0.15, 0.2) is 22.2 Å². The van der Waals surface area contributed by atoms with Crippen LogP contribution in [0.3, 0.4) is 0 Å². The number of aliphatic carboxylic acids is 1. The Bertz CT molecular complexity index is 595. The van der Waals surface area contributed by atoms with Crippen LogP contribution in [0.4, 0.5) is 0 Å². The van der Waals surface area contributed by atoms with Gasteiger partial charge < -0.3 is 10.4 Å². The highest BCUT2D eigenvalue weighted by Gasteiger charge is 2.26. The summed E-state index contributed by atoms with van der Waals surface area (Å²) in [7, 11) is 0. The highest BCUT2D eigenvalue weighted by Crippen LogP contribution is 2.27. The van der Waals surface area contributed by atoms with E-state index in [1.165, 1.54) is 5.56 Å². The molecule has 2 aromatic rings. The molecule has 4 nitrogen and oxygen atoms in total. The fraction of sp³-hybridized carbons (Fsp3) is 0.467. The van der Waals surface area contributed by atoms with Gasteiger partial charge >= 0.3 is 5.97 Å². The maximum Gasteiger partial charge on any atom is 0.306 e. The highest BCUT2D eigenvalue weighted by atomic mass is 32.1. The molecule has 0 radical (unpaired) electrons. The van der Waals surface area contributed by atoms with Crippen LogP contribution in [-0.2, 0) is 11.3 Å². The van der Waals surface area contributed by atoms with Crippen molar-refractivity contribution in [2.24, 2.45) is 5.92 Å². The zero-order valence-electron chi connectivity index (χ0n) is 11.6. The first-order valence-corrected chi connectivity index (χ1v) is 8.98. The lowest BCUT2D eigenvalue weighted by molar-refractivity contribution is -0.143. The highest BCUT2D eigenvalue weighted by molar-refractivity contribution is 7.14. The van der Waals surface area contributed by atoms with Crippen LogP contribution in [0.25, 0.3) is 10.6 Å². The first-order valence-electron chi connectivity index (χ1n) is 7.15. The second-order valence-corrected chi connectivity index (χ2v) is 7.07. The van der Waals surface area contributed by atoms with E-state index in [1.807, 2.05) is 0 Å². The maximum absolute atomic E-state index is 11.1. The summed E-state index contributed by atoms with van der Waals surface area (Å²) in [6, 6.07) is 2.38. The average Bonchev–Trinajstić information content (AvgIpc) is 3.16. The second kappa shape index (κ2) is 6.68. The molecule has 0 aliphatic heterocycles. The second-order valence-electron chi connectivity index (χ2n) is 5.44. The summed E-state index contributed by atoms with van der Waals surface area (Å²) in [6.45, 7) is 0.720. The third-order valence-corrected chi connectivity index (χ3v) is 5.54. The fourth-order valence-electron chi connectivity index (χ4n) is 2.76. The van der Waals surface area contributed by atoms with Crippen LogP contribution in [0.2, 0.25) is 0 Å². The van der Waals surface area contributed by atoms with Crippen LogP contribution in [0.1, 0.15) is 31.4 Å². The zero-order chi connectivity index (χ0) is 14.7. The molecule has 2 aromatic heterocycles. The van der Waals surface area contributed by atoms with Gasteiger partial charge in [-0.15, -0.1) is 11.3 Å². The Kier molecular flexibility index (Phi) is 4.67. The number of aromatic nitrogens is 1. The Morgan fingerprint density at radius 1 is 1.43 bits per heavy atom.